The number of phenolic OH excluding ortho intramolecular Hbond substituents is 2. The number of phenols is 2. The highest BCUT2D eigenvalue weighted by Gasteiger charge is 2.14. The lowest BCUT2D eigenvalue weighted by Crippen LogP contribution is -2.41. The number of rotatable bonds is 17. The first-order valence-corrected chi connectivity index (χ1v) is 16.5. The highest BCUT2D eigenvalue weighted by atomic mass is 16.5. The topological polar surface area (TPSA) is 116 Å². The van der Waals surface area contributed by atoms with E-state index < -0.39 is 0 Å². The molecule has 4 N–H and O–H groups in total. The Kier molecular flexibility index (Phi) is 11.6. The van der Waals surface area contributed by atoms with Crippen molar-refractivity contribution in [1.29, 1.82) is 0 Å². The number of hydrogen-bond acceptors (Lipinski definition) is 10. The third-order valence-electron chi connectivity index (χ3n) is 7.82. The Morgan fingerprint density at radius 3 is 1.29 bits per heavy atom. The van der Waals surface area contributed by atoms with Gasteiger partial charge in [0.25, 0.3) is 0 Å². The van der Waals surface area contributed by atoms with E-state index in [0.717, 1.165) is 22.8 Å². The highest BCUT2D eigenvalue weighted by molar-refractivity contribution is 5.56. The number of nitrogens with one attached hydrogen (secondary N) is 1. The Bertz CT molecular complexity index is 1990. The van der Waals surface area contributed by atoms with Crippen molar-refractivity contribution < 1.29 is 34.3 Å². The smallest absolute Gasteiger partial charge is 0.127 e. The molecule has 0 heterocycles. The first-order valence-electron chi connectivity index (χ1n) is 16.5. The number of aromatic hydroxyl groups is 2. The van der Waals surface area contributed by atoms with E-state index in [1.165, 1.54) is 0 Å². The molecule has 6 aromatic carbocycles. The number of ether oxygens (including phenoxy) is 4. The zero-order chi connectivity index (χ0) is 36.1. The molecule has 0 unspecified atom stereocenters. The molecule has 0 fully saturated rings. The molecule has 6 rings (SSSR count). The molecule has 264 valence electrons. The predicted octanol–water partition coefficient (Wildman–Crippen LogP) is 9.33. The van der Waals surface area contributed by atoms with Crippen molar-refractivity contribution in [2.24, 2.45) is 0 Å². The molecule has 10 heteroatoms. The van der Waals surface area contributed by atoms with E-state index in [1.807, 2.05) is 102 Å². The van der Waals surface area contributed by atoms with Crippen molar-refractivity contribution in [2.75, 3.05) is 41.8 Å². The Balaban J connectivity index is 1.15. The van der Waals surface area contributed by atoms with E-state index in [0.29, 0.717) is 54.4 Å². The van der Waals surface area contributed by atoms with Gasteiger partial charge in [-0.1, -0.05) is 12.7 Å². The molecule has 0 aliphatic carbocycles. The van der Waals surface area contributed by atoms with Gasteiger partial charge in [-0.05, 0) is 146 Å². The summed E-state index contributed by atoms with van der Waals surface area (Å²) >= 11 is 0. The fourth-order valence-electron chi connectivity index (χ4n) is 5.11. The van der Waals surface area contributed by atoms with Crippen LogP contribution in [0.3, 0.4) is 0 Å². The van der Waals surface area contributed by atoms with E-state index in [2.05, 4.69) is 16.8 Å². The number of aliphatic hydroxyl groups is 1. The van der Waals surface area contributed by atoms with E-state index >= 15 is 0 Å². The molecule has 10 nitrogen and oxygen atoms in total. The van der Waals surface area contributed by atoms with E-state index in [4.69, 9.17) is 18.9 Å². The molecule has 0 atom stereocenters. The van der Waals surface area contributed by atoms with Gasteiger partial charge in [0, 0.05) is 17.1 Å². The summed E-state index contributed by atoms with van der Waals surface area (Å²) in [6.07, 6.45) is 1.70. The number of aliphatic hydroxyl groups excluding tert-OH is 1. The largest absolute Gasteiger partial charge is 0.508 e. The van der Waals surface area contributed by atoms with Gasteiger partial charge in [0.1, 0.15) is 65.1 Å². The van der Waals surface area contributed by atoms with Gasteiger partial charge in [-0.2, -0.15) is 0 Å². The minimum absolute atomic E-state index is 0.166. The average molecular weight is 698 g/mol. The molecule has 0 aliphatic heterocycles. The number of hydrogen-bond donors (Lipinski definition) is 4. The number of anilines is 3. The molecule has 0 spiro atoms. The van der Waals surface area contributed by atoms with Gasteiger partial charge >= 0.3 is 0 Å². The second-order valence-corrected chi connectivity index (χ2v) is 11.6. The van der Waals surface area contributed by atoms with E-state index in [-0.39, 0.29) is 18.2 Å². The van der Waals surface area contributed by atoms with Crippen LogP contribution in [0.1, 0.15) is 0 Å². The second kappa shape index (κ2) is 17.2. The Morgan fingerprint density at radius 1 is 0.500 bits per heavy atom. The van der Waals surface area contributed by atoms with Gasteiger partial charge in [-0.3, -0.25) is 0 Å². The maximum absolute atomic E-state index is 10.5. The van der Waals surface area contributed by atoms with Crippen molar-refractivity contribution in [3.05, 3.63) is 158 Å². The maximum atomic E-state index is 10.5. The van der Waals surface area contributed by atoms with Crippen molar-refractivity contribution in [1.82, 2.24) is 0 Å². The molecule has 0 saturated heterocycles. The Hall–Kier alpha value is -6.78. The van der Waals surface area contributed by atoms with Gasteiger partial charge in [0.2, 0.25) is 0 Å². The molecular weight excluding hydrogens is 658 g/mol. The minimum Gasteiger partial charge on any atom is -0.508 e. The van der Waals surface area contributed by atoms with E-state index in [9.17, 15) is 15.3 Å². The van der Waals surface area contributed by atoms with Crippen molar-refractivity contribution in [2.45, 2.75) is 0 Å². The summed E-state index contributed by atoms with van der Waals surface area (Å²) in [6, 6.07) is 43.2. The van der Waals surface area contributed by atoms with Crippen LogP contribution in [0.5, 0.6) is 51.7 Å². The third kappa shape index (κ3) is 9.90. The summed E-state index contributed by atoms with van der Waals surface area (Å²) < 4.78 is 23.5. The van der Waals surface area contributed by atoms with Crippen molar-refractivity contribution in [3.63, 3.8) is 0 Å². The van der Waals surface area contributed by atoms with Crippen molar-refractivity contribution >= 4 is 17.1 Å². The SMILES string of the molecule is C=CCOc1ccc(Oc2ccc(N(CNc3ccc(Oc4ccc(O)cc4)cc3)CN(CO)c3ccc(Oc4ccc(O)cc4)cc3)cc2)cc1. The van der Waals surface area contributed by atoms with Gasteiger partial charge in [-0.15, -0.1) is 0 Å². The molecule has 0 bridgehead atoms. The lowest BCUT2D eigenvalue weighted by molar-refractivity contribution is 0.290. The van der Waals surface area contributed by atoms with Gasteiger partial charge in [-0.25, -0.2) is 0 Å². The molecule has 0 aromatic heterocycles. The molecule has 0 amide bonds. The minimum atomic E-state index is -0.230. The summed E-state index contributed by atoms with van der Waals surface area (Å²) in [7, 11) is 0. The molecular formula is C42H39N3O7. The van der Waals surface area contributed by atoms with Crippen LogP contribution < -0.4 is 34.1 Å². The zero-order valence-electron chi connectivity index (χ0n) is 28.3. The second-order valence-electron chi connectivity index (χ2n) is 11.6. The number of benzene rings is 6. The first-order chi connectivity index (χ1) is 25.4. The molecule has 0 saturated carbocycles. The van der Waals surface area contributed by atoms with Crippen LogP contribution in [-0.4, -0.2) is 42.0 Å². The fourth-order valence-corrected chi connectivity index (χ4v) is 5.11. The average Bonchev–Trinajstić information content (AvgIpc) is 3.18. The molecule has 0 radical (unpaired) electrons. The maximum Gasteiger partial charge on any atom is 0.127 e. The van der Waals surface area contributed by atoms with Gasteiger partial charge < -0.3 is 49.4 Å². The molecule has 52 heavy (non-hydrogen) atoms. The van der Waals surface area contributed by atoms with Gasteiger partial charge in [0.05, 0.1) is 13.3 Å². The zero-order valence-corrected chi connectivity index (χ0v) is 28.3. The highest BCUT2D eigenvalue weighted by Crippen LogP contribution is 2.30. The van der Waals surface area contributed by atoms with Crippen LogP contribution in [-0.2, 0) is 0 Å². The van der Waals surface area contributed by atoms with Crippen LogP contribution in [0.15, 0.2) is 158 Å². The lowest BCUT2D eigenvalue weighted by atomic mass is 10.2. The third-order valence-corrected chi connectivity index (χ3v) is 7.82. The summed E-state index contributed by atoms with van der Waals surface area (Å²) in [5, 5.41) is 33.1. The van der Waals surface area contributed by atoms with Crippen LogP contribution in [0.4, 0.5) is 17.1 Å². The predicted molar refractivity (Wildman–Crippen MR) is 203 cm³/mol. The van der Waals surface area contributed by atoms with Crippen molar-refractivity contribution in [3.8, 4) is 51.7 Å². The fraction of sp³-hybridized carbons (Fsp3) is 0.0952. The van der Waals surface area contributed by atoms with Crippen LogP contribution in [0.2, 0.25) is 0 Å². The number of nitrogens with zero attached hydrogens (tertiary/aromatic N) is 2. The lowest BCUT2D eigenvalue weighted by Gasteiger charge is -2.33. The summed E-state index contributed by atoms with van der Waals surface area (Å²) in [4.78, 5) is 3.93. The summed E-state index contributed by atoms with van der Waals surface area (Å²) in [5.41, 5.74) is 2.56. The van der Waals surface area contributed by atoms with Crippen LogP contribution in [0, 0.1) is 0 Å². The first kappa shape index (κ1) is 35.1. The Labute approximate surface area is 302 Å². The standard InChI is InChI=1S/C42H39N3O7/c1-2-27-49-36-23-25-42(26-24-36)52-38-15-5-32(6-16-38)44(28-43-31-3-13-37(14-4-31)50-40-19-9-34(47)10-20-40)29-45(30-46)33-7-17-39(18-8-33)51-41-21-11-35(48)12-22-41/h2-26,43,46-48H,1,27-30H2. The molecule has 6 aromatic rings. The van der Waals surface area contributed by atoms with E-state index in [1.54, 1.807) is 54.6 Å². The Morgan fingerprint density at radius 2 is 0.865 bits per heavy atom. The monoisotopic (exact) mass is 697 g/mol. The normalized spacial score (nSPS) is 10.6. The van der Waals surface area contributed by atoms with Crippen LogP contribution >= 0.6 is 0 Å². The quantitative estimate of drug-likeness (QED) is 0.0543. The van der Waals surface area contributed by atoms with Gasteiger partial charge in [0.15, 0.2) is 0 Å². The summed E-state index contributed by atoms with van der Waals surface area (Å²) in [6.45, 7) is 4.63. The summed E-state index contributed by atoms with van der Waals surface area (Å²) in [5.74, 6) is 4.93. The molecule has 0 aliphatic rings. The van der Waals surface area contributed by atoms with Crippen LogP contribution in [0.25, 0.3) is 0 Å².